The standard InChI is InChI=1S/C10H21N3O2/c1-12-4-3-5-13(7-6-12)9(8-15-2)10(11)14/h9H,3-8H2,1-2H3,(H2,11,14). The molecule has 1 amide bonds. The quantitative estimate of drug-likeness (QED) is 0.662. The molecule has 1 aliphatic heterocycles. The first-order chi connectivity index (χ1) is 7.15. The molecule has 0 bridgehead atoms. The van der Waals surface area contributed by atoms with E-state index in [1.165, 1.54) is 0 Å². The van der Waals surface area contributed by atoms with Crippen molar-refractivity contribution < 1.29 is 9.53 Å². The lowest BCUT2D eigenvalue weighted by atomic mass is 10.2. The molecule has 0 aromatic carbocycles. The number of likely N-dealkylation sites (N-methyl/N-ethyl adjacent to an activating group) is 1. The van der Waals surface area contributed by atoms with E-state index in [2.05, 4.69) is 16.8 Å². The fourth-order valence-electron chi connectivity index (χ4n) is 1.90. The zero-order valence-corrected chi connectivity index (χ0v) is 9.61. The van der Waals surface area contributed by atoms with Gasteiger partial charge < -0.3 is 15.4 Å². The lowest BCUT2D eigenvalue weighted by Gasteiger charge is -2.27. The molecule has 0 radical (unpaired) electrons. The van der Waals surface area contributed by atoms with E-state index in [0.717, 1.165) is 32.6 Å². The molecule has 0 spiro atoms. The van der Waals surface area contributed by atoms with Gasteiger partial charge in [-0.15, -0.1) is 0 Å². The molecule has 1 unspecified atom stereocenters. The van der Waals surface area contributed by atoms with E-state index >= 15 is 0 Å². The summed E-state index contributed by atoms with van der Waals surface area (Å²) in [5, 5.41) is 0. The van der Waals surface area contributed by atoms with Crippen molar-refractivity contribution in [2.24, 2.45) is 5.73 Å². The van der Waals surface area contributed by atoms with Crippen LogP contribution in [-0.4, -0.2) is 68.7 Å². The summed E-state index contributed by atoms with van der Waals surface area (Å²) in [7, 11) is 3.69. The van der Waals surface area contributed by atoms with Crippen LogP contribution in [0.4, 0.5) is 0 Å². The van der Waals surface area contributed by atoms with Crippen LogP contribution in [0, 0.1) is 0 Å². The van der Waals surface area contributed by atoms with Gasteiger partial charge >= 0.3 is 0 Å². The number of rotatable bonds is 4. The summed E-state index contributed by atoms with van der Waals surface area (Å²) in [6, 6.07) is -0.276. The predicted molar refractivity (Wildman–Crippen MR) is 58.5 cm³/mol. The van der Waals surface area contributed by atoms with Crippen LogP contribution in [0.5, 0.6) is 0 Å². The third kappa shape index (κ3) is 3.77. The predicted octanol–water partition coefficient (Wildman–Crippen LogP) is -0.876. The van der Waals surface area contributed by atoms with Crippen LogP contribution >= 0.6 is 0 Å². The summed E-state index contributed by atoms with van der Waals surface area (Å²) in [6.07, 6.45) is 1.07. The van der Waals surface area contributed by atoms with Gasteiger partial charge in [0, 0.05) is 26.7 Å². The first-order valence-electron chi connectivity index (χ1n) is 5.36. The third-order valence-electron chi connectivity index (χ3n) is 2.85. The molecule has 1 heterocycles. The van der Waals surface area contributed by atoms with E-state index in [9.17, 15) is 4.79 Å². The Bertz CT molecular complexity index is 211. The van der Waals surface area contributed by atoms with E-state index in [0.29, 0.717) is 6.61 Å². The number of carbonyl (C=O) groups is 1. The average molecular weight is 215 g/mol. The Balaban J connectivity index is 2.54. The minimum atomic E-state index is -0.290. The Morgan fingerprint density at radius 3 is 2.73 bits per heavy atom. The van der Waals surface area contributed by atoms with Crippen LogP contribution in [0.25, 0.3) is 0 Å². The Hall–Kier alpha value is -0.650. The van der Waals surface area contributed by atoms with Crippen molar-refractivity contribution in [3.05, 3.63) is 0 Å². The van der Waals surface area contributed by atoms with Gasteiger partial charge in [-0.1, -0.05) is 0 Å². The average Bonchev–Trinajstić information content (AvgIpc) is 2.39. The molecule has 2 N–H and O–H groups in total. The lowest BCUT2D eigenvalue weighted by molar-refractivity contribution is -0.125. The van der Waals surface area contributed by atoms with Crippen molar-refractivity contribution in [2.45, 2.75) is 12.5 Å². The van der Waals surface area contributed by atoms with Crippen LogP contribution in [0.1, 0.15) is 6.42 Å². The van der Waals surface area contributed by atoms with Gasteiger partial charge in [0.25, 0.3) is 0 Å². The van der Waals surface area contributed by atoms with Crippen molar-refractivity contribution >= 4 is 5.91 Å². The molecule has 5 heteroatoms. The molecule has 88 valence electrons. The minimum Gasteiger partial charge on any atom is -0.383 e. The van der Waals surface area contributed by atoms with Crippen molar-refractivity contribution in [3.63, 3.8) is 0 Å². The normalized spacial score (nSPS) is 22.3. The molecular weight excluding hydrogens is 194 g/mol. The number of hydrogen-bond donors (Lipinski definition) is 1. The van der Waals surface area contributed by atoms with E-state index in [1.807, 2.05) is 0 Å². The number of nitrogens with zero attached hydrogens (tertiary/aromatic N) is 2. The molecule has 15 heavy (non-hydrogen) atoms. The van der Waals surface area contributed by atoms with E-state index in [1.54, 1.807) is 7.11 Å². The van der Waals surface area contributed by atoms with Gasteiger partial charge in [-0.3, -0.25) is 9.69 Å². The summed E-state index contributed by atoms with van der Waals surface area (Å²) < 4.78 is 5.03. The SMILES string of the molecule is COCC(C(N)=O)N1CCCN(C)CC1. The molecule has 5 nitrogen and oxygen atoms in total. The summed E-state index contributed by atoms with van der Waals surface area (Å²) >= 11 is 0. The fourth-order valence-corrected chi connectivity index (χ4v) is 1.90. The summed E-state index contributed by atoms with van der Waals surface area (Å²) in [5.41, 5.74) is 5.37. The fraction of sp³-hybridized carbons (Fsp3) is 0.900. The number of nitrogens with two attached hydrogens (primary N) is 1. The minimum absolute atomic E-state index is 0.276. The van der Waals surface area contributed by atoms with Gasteiger partial charge in [0.15, 0.2) is 0 Å². The number of carbonyl (C=O) groups excluding carboxylic acids is 1. The molecule has 1 atom stereocenters. The van der Waals surface area contributed by atoms with Gasteiger partial charge in [0.05, 0.1) is 6.61 Å². The van der Waals surface area contributed by atoms with Crippen LogP contribution in [0.15, 0.2) is 0 Å². The van der Waals surface area contributed by atoms with Crippen LogP contribution < -0.4 is 5.73 Å². The van der Waals surface area contributed by atoms with Crippen molar-refractivity contribution in [1.82, 2.24) is 9.80 Å². The third-order valence-corrected chi connectivity index (χ3v) is 2.85. The van der Waals surface area contributed by atoms with E-state index in [-0.39, 0.29) is 11.9 Å². The topological polar surface area (TPSA) is 58.8 Å². The molecule has 0 aromatic rings. The molecular formula is C10H21N3O2. The maximum Gasteiger partial charge on any atom is 0.237 e. The van der Waals surface area contributed by atoms with Gasteiger partial charge in [0.1, 0.15) is 6.04 Å². The molecule has 1 fully saturated rings. The second-order valence-corrected chi connectivity index (χ2v) is 4.07. The molecule has 0 aromatic heterocycles. The van der Waals surface area contributed by atoms with Gasteiger partial charge in [-0.05, 0) is 20.0 Å². The molecule has 0 saturated carbocycles. The number of hydrogen-bond acceptors (Lipinski definition) is 4. The highest BCUT2D eigenvalue weighted by atomic mass is 16.5. The van der Waals surface area contributed by atoms with Crippen LogP contribution in [0.2, 0.25) is 0 Å². The first kappa shape index (κ1) is 12.4. The van der Waals surface area contributed by atoms with E-state index < -0.39 is 0 Å². The Morgan fingerprint density at radius 2 is 2.13 bits per heavy atom. The monoisotopic (exact) mass is 215 g/mol. The highest BCUT2D eigenvalue weighted by Gasteiger charge is 2.25. The number of primary amides is 1. The Morgan fingerprint density at radius 1 is 1.40 bits per heavy atom. The number of amides is 1. The Kier molecular flexibility index (Phi) is 5.01. The summed E-state index contributed by atoms with van der Waals surface area (Å²) in [6.45, 7) is 4.25. The molecule has 1 rings (SSSR count). The van der Waals surface area contributed by atoms with Gasteiger partial charge in [-0.25, -0.2) is 0 Å². The van der Waals surface area contributed by atoms with Crippen LogP contribution in [0.3, 0.4) is 0 Å². The van der Waals surface area contributed by atoms with Crippen molar-refractivity contribution in [3.8, 4) is 0 Å². The second-order valence-electron chi connectivity index (χ2n) is 4.07. The zero-order chi connectivity index (χ0) is 11.3. The number of methoxy groups -OCH3 is 1. The molecule has 1 aliphatic rings. The molecule has 1 saturated heterocycles. The highest BCUT2D eigenvalue weighted by molar-refractivity contribution is 5.80. The molecule has 0 aliphatic carbocycles. The maximum absolute atomic E-state index is 11.3. The summed E-state index contributed by atoms with van der Waals surface area (Å²) in [4.78, 5) is 15.7. The second kappa shape index (κ2) is 6.05. The summed E-state index contributed by atoms with van der Waals surface area (Å²) in [5.74, 6) is -0.290. The number of ether oxygens (including phenoxy) is 1. The maximum atomic E-state index is 11.3. The smallest absolute Gasteiger partial charge is 0.237 e. The zero-order valence-electron chi connectivity index (χ0n) is 9.61. The largest absolute Gasteiger partial charge is 0.383 e. The Labute approximate surface area is 91.2 Å². The lowest BCUT2D eigenvalue weighted by Crippen LogP contribution is -2.48. The first-order valence-corrected chi connectivity index (χ1v) is 5.36. The van der Waals surface area contributed by atoms with Gasteiger partial charge in [0.2, 0.25) is 5.91 Å². The van der Waals surface area contributed by atoms with Crippen LogP contribution in [-0.2, 0) is 9.53 Å². The van der Waals surface area contributed by atoms with E-state index in [4.69, 9.17) is 10.5 Å². The van der Waals surface area contributed by atoms with Crippen molar-refractivity contribution in [2.75, 3.05) is 46.9 Å². The van der Waals surface area contributed by atoms with Gasteiger partial charge in [-0.2, -0.15) is 0 Å². The van der Waals surface area contributed by atoms with Crippen molar-refractivity contribution in [1.29, 1.82) is 0 Å². The highest BCUT2D eigenvalue weighted by Crippen LogP contribution is 2.06.